The number of hydrogen-bond donors (Lipinski definition) is 1. The lowest BCUT2D eigenvalue weighted by atomic mass is 10.1. The molecule has 7 heteroatoms. The van der Waals surface area contributed by atoms with Crippen LogP contribution >= 0.6 is 35.3 Å². The van der Waals surface area contributed by atoms with E-state index < -0.39 is 0 Å². The molecule has 136 valence electrons. The van der Waals surface area contributed by atoms with Crippen molar-refractivity contribution in [1.82, 2.24) is 10.2 Å². The zero-order chi connectivity index (χ0) is 16.8. The molecule has 1 aromatic carbocycles. The molecule has 4 nitrogen and oxygen atoms in total. The van der Waals surface area contributed by atoms with Crippen molar-refractivity contribution < 1.29 is 4.39 Å². The standard InChI is InChI=1S/C18H23FN4S.HI/c1-20-18(21-8-7-15-4-2-5-16(19)14-15)23-11-9-22(10-12-23)17-6-3-13-24-17;/h2-6,13-14H,7-12H2,1H3,(H,20,21);1H. The second-order valence-electron chi connectivity index (χ2n) is 5.78. The predicted molar refractivity (Wildman–Crippen MR) is 115 cm³/mol. The van der Waals surface area contributed by atoms with Crippen molar-refractivity contribution in [3.63, 3.8) is 0 Å². The minimum atomic E-state index is -0.179. The Morgan fingerprint density at radius 1 is 1.20 bits per heavy atom. The van der Waals surface area contributed by atoms with Gasteiger partial charge in [0, 0.05) is 39.8 Å². The first-order valence-corrected chi connectivity index (χ1v) is 9.13. The van der Waals surface area contributed by atoms with Gasteiger partial charge in [0.25, 0.3) is 0 Å². The van der Waals surface area contributed by atoms with Gasteiger partial charge in [-0.1, -0.05) is 12.1 Å². The molecule has 1 aromatic heterocycles. The number of benzene rings is 1. The zero-order valence-electron chi connectivity index (χ0n) is 14.3. The van der Waals surface area contributed by atoms with E-state index >= 15 is 0 Å². The van der Waals surface area contributed by atoms with E-state index in [4.69, 9.17) is 0 Å². The van der Waals surface area contributed by atoms with E-state index in [1.165, 1.54) is 11.1 Å². The van der Waals surface area contributed by atoms with Gasteiger partial charge in [-0.3, -0.25) is 4.99 Å². The first-order chi connectivity index (χ1) is 11.8. The van der Waals surface area contributed by atoms with Crippen LogP contribution in [0.4, 0.5) is 9.39 Å². The summed E-state index contributed by atoms with van der Waals surface area (Å²) < 4.78 is 13.2. The van der Waals surface area contributed by atoms with Crippen LogP contribution < -0.4 is 10.2 Å². The van der Waals surface area contributed by atoms with Crippen LogP contribution in [-0.2, 0) is 6.42 Å². The Morgan fingerprint density at radius 2 is 2.00 bits per heavy atom. The van der Waals surface area contributed by atoms with E-state index in [1.54, 1.807) is 23.5 Å². The molecule has 0 atom stereocenters. The van der Waals surface area contributed by atoms with E-state index in [9.17, 15) is 4.39 Å². The van der Waals surface area contributed by atoms with Gasteiger partial charge in [0.05, 0.1) is 5.00 Å². The molecule has 0 spiro atoms. The van der Waals surface area contributed by atoms with E-state index in [0.717, 1.165) is 50.7 Å². The molecule has 1 fully saturated rings. The summed E-state index contributed by atoms with van der Waals surface area (Å²) in [5.74, 6) is 0.749. The van der Waals surface area contributed by atoms with Crippen LogP contribution in [0.1, 0.15) is 5.56 Å². The summed E-state index contributed by atoms with van der Waals surface area (Å²) in [5.41, 5.74) is 1.00. The molecule has 2 aromatic rings. The molecule has 0 amide bonds. The predicted octanol–water partition coefficient (Wildman–Crippen LogP) is 3.45. The highest BCUT2D eigenvalue weighted by Crippen LogP contribution is 2.22. The van der Waals surface area contributed by atoms with Crippen molar-refractivity contribution in [3.8, 4) is 0 Å². The molecule has 1 N–H and O–H groups in total. The number of rotatable bonds is 4. The maximum absolute atomic E-state index is 13.2. The third-order valence-electron chi connectivity index (χ3n) is 4.19. The molecule has 1 aliphatic heterocycles. The topological polar surface area (TPSA) is 30.9 Å². The molecule has 1 aliphatic rings. The summed E-state index contributed by atoms with van der Waals surface area (Å²) >= 11 is 1.79. The van der Waals surface area contributed by atoms with Crippen molar-refractivity contribution in [3.05, 3.63) is 53.2 Å². The smallest absolute Gasteiger partial charge is 0.193 e. The summed E-state index contributed by atoms with van der Waals surface area (Å²) in [6, 6.07) is 11.0. The Kier molecular flexibility index (Phi) is 7.95. The Balaban J connectivity index is 0.00000225. The van der Waals surface area contributed by atoms with Gasteiger partial charge in [-0.2, -0.15) is 0 Å². The van der Waals surface area contributed by atoms with Gasteiger partial charge in [-0.15, -0.1) is 35.3 Å². The normalized spacial score (nSPS) is 15.0. The SMILES string of the molecule is CN=C(NCCc1cccc(F)c1)N1CCN(c2cccs2)CC1.I. The minimum Gasteiger partial charge on any atom is -0.360 e. The molecule has 1 saturated heterocycles. The van der Waals surface area contributed by atoms with Crippen molar-refractivity contribution in [2.75, 3.05) is 44.7 Å². The van der Waals surface area contributed by atoms with Crippen molar-refractivity contribution >= 4 is 46.3 Å². The number of halogens is 2. The van der Waals surface area contributed by atoms with Crippen molar-refractivity contribution in [2.45, 2.75) is 6.42 Å². The summed E-state index contributed by atoms with van der Waals surface area (Å²) in [7, 11) is 1.82. The fourth-order valence-corrected chi connectivity index (χ4v) is 3.72. The quantitative estimate of drug-likeness (QED) is 0.419. The Hall–Kier alpha value is -1.35. The highest BCUT2D eigenvalue weighted by atomic mass is 127. The molecule has 2 heterocycles. The first kappa shape index (κ1) is 20.0. The molecule has 0 unspecified atom stereocenters. The fraction of sp³-hybridized carbons (Fsp3) is 0.389. The summed E-state index contributed by atoms with van der Waals surface area (Å²) in [5, 5.41) is 6.85. The molecular formula is C18H24FIN4S. The lowest BCUT2D eigenvalue weighted by Crippen LogP contribution is -2.52. The fourth-order valence-electron chi connectivity index (χ4n) is 2.93. The number of nitrogens with one attached hydrogen (secondary N) is 1. The molecular weight excluding hydrogens is 450 g/mol. The molecule has 0 saturated carbocycles. The molecule has 0 bridgehead atoms. The second kappa shape index (κ2) is 9.96. The minimum absolute atomic E-state index is 0. The van der Waals surface area contributed by atoms with Gasteiger partial charge in [-0.25, -0.2) is 4.39 Å². The molecule has 25 heavy (non-hydrogen) atoms. The van der Waals surface area contributed by atoms with Gasteiger partial charge in [0.15, 0.2) is 5.96 Å². The zero-order valence-corrected chi connectivity index (χ0v) is 17.5. The van der Waals surface area contributed by atoms with Crippen LogP contribution in [0.25, 0.3) is 0 Å². The maximum Gasteiger partial charge on any atom is 0.193 e. The van der Waals surface area contributed by atoms with Crippen LogP contribution in [0.2, 0.25) is 0 Å². The number of aliphatic imine (C=N–C) groups is 1. The molecule has 0 radical (unpaired) electrons. The van der Waals surface area contributed by atoms with E-state index in [1.807, 2.05) is 13.1 Å². The van der Waals surface area contributed by atoms with Crippen LogP contribution in [0.3, 0.4) is 0 Å². The van der Waals surface area contributed by atoms with E-state index in [0.29, 0.717) is 0 Å². The number of thiophene rings is 1. The first-order valence-electron chi connectivity index (χ1n) is 8.25. The highest BCUT2D eigenvalue weighted by molar-refractivity contribution is 14.0. The van der Waals surface area contributed by atoms with Gasteiger partial charge in [0.1, 0.15) is 5.82 Å². The van der Waals surface area contributed by atoms with E-state index in [-0.39, 0.29) is 29.8 Å². The van der Waals surface area contributed by atoms with Gasteiger partial charge in [-0.05, 0) is 41.6 Å². The highest BCUT2D eigenvalue weighted by Gasteiger charge is 2.20. The average molecular weight is 474 g/mol. The number of hydrogen-bond acceptors (Lipinski definition) is 3. The lowest BCUT2D eigenvalue weighted by Gasteiger charge is -2.37. The monoisotopic (exact) mass is 474 g/mol. The number of anilines is 1. The van der Waals surface area contributed by atoms with Crippen LogP contribution in [0, 0.1) is 5.82 Å². The van der Waals surface area contributed by atoms with Crippen molar-refractivity contribution in [2.24, 2.45) is 4.99 Å². The van der Waals surface area contributed by atoms with Crippen LogP contribution in [0.15, 0.2) is 46.8 Å². The summed E-state index contributed by atoms with van der Waals surface area (Å²) in [6.07, 6.45) is 0.784. The average Bonchev–Trinajstić information content (AvgIpc) is 3.14. The van der Waals surface area contributed by atoms with Crippen LogP contribution in [0.5, 0.6) is 0 Å². The van der Waals surface area contributed by atoms with Gasteiger partial charge >= 0.3 is 0 Å². The second-order valence-corrected chi connectivity index (χ2v) is 6.71. The third kappa shape index (κ3) is 5.57. The maximum atomic E-state index is 13.2. The summed E-state index contributed by atoms with van der Waals surface area (Å²) in [4.78, 5) is 9.09. The van der Waals surface area contributed by atoms with Crippen LogP contribution in [-0.4, -0.2) is 50.6 Å². The Morgan fingerprint density at radius 3 is 2.64 bits per heavy atom. The van der Waals surface area contributed by atoms with Crippen molar-refractivity contribution in [1.29, 1.82) is 0 Å². The van der Waals surface area contributed by atoms with Gasteiger partial charge < -0.3 is 15.1 Å². The Bertz CT molecular complexity index is 669. The lowest BCUT2D eigenvalue weighted by molar-refractivity contribution is 0.374. The van der Waals surface area contributed by atoms with Gasteiger partial charge in [0.2, 0.25) is 0 Å². The molecule has 0 aliphatic carbocycles. The number of guanidine groups is 1. The largest absolute Gasteiger partial charge is 0.360 e. The Labute approximate surface area is 169 Å². The molecule has 3 rings (SSSR count). The van der Waals surface area contributed by atoms with E-state index in [2.05, 4.69) is 37.6 Å². The summed E-state index contributed by atoms with van der Waals surface area (Å²) in [6.45, 7) is 4.67. The number of piperazine rings is 1. The number of nitrogens with zero attached hydrogens (tertiary/aromatic N) is 3. The third-order valence-corrected chi connectivity index (χ3v) is 5.12.